The van der Waals surface area contributed by atoms with Crippen molar-refractivity contribution < 1.29 is 9.90 Å². The highest BCUT2D eigenvalue weighted by Gasteiger charge is 2.50. The first kappa shape index (κ1) is 14.8. The van der Waals surface area contributed by atoms with Gasteiger partial charge in [0.15, 0.2) is 0 Å². The molecule has 0 aromatic heterocycles. The lowest BCUT2D eigenvalue weighted by molar-refractivity contribution is -0.153. The van der Waals surface area contributed by atoms with E-state index in [4.69, 9.17) is 0 Å². The number of likely N-dealkylation sites (tertiary alicyclic amines) is 1. The molecule has 1 aliphatic carbocycles. The molecule has 0 bridgehead atoms. The van der Waals surface area contributed by atoms with Crippen LogP contribution in [0.2, 0.25) is 0 Å². The highest BCUT2D eigenvalue weighted by atomic mass is 16.4. The fourth-order valence-corrected chi connectivity index (χ4v) is 4.54. The van der Waals surface area contributed by atoms with Gasteiger partial charge in [-0.25, -0.2) is 0 Å². The summed E-state index contributed by atoms with van der Waals surface area (Å²) in [6.45, 7) is 9.99. The van der Waals surface area contributed by atoms with Crippen molar-refractivity contribution >= 4 is 5.97 Å². The summed E-state index contributed by atoms with van der Waals surface area (Å²) in [5, 5.41) is 9.71. The van der Waals surface area contributed by atoms with E-state index in [1.165, 1.54) is 12.8 Å². The minimum absolute atomic E-state index is 0.424. The molecular weight excluding hydrogens is 238 g/mol. The Bertz CT molecular complexity index is 353. The first-order chi connectivity index (χ1) is 8.82. The molecule has 1 saturated heterocycles. The molecule has 3 atom stereocenters. The molecule has 1 saturated carbocycles. The number of carboxylic acid groups (broad SMARTS) is 1. The smallest absolute Gasteiger partial charge is 0.324 e. The van der Waals surface area contributed by atoms with Gasteiger partial charge in [0.2, 0.25) is 0 Å². The topological polar surface area (TPSA) is 40.5 Å². The third-order valence-corrected chi connectivity index (χ3v) is 5.57. The van der Waals surface area contributed by atoms with Crippen molar-refractivity contribution in [2.24, 2.45) is 11.3 Å². The van der Waals surface area contributed by atoms with Gasteiger partial charge in [-0.15, -0.1) is 0 Å². The molecule has 1 heterocycles. The lowest BCUT2D eigenvalue weighted by Crippen LogP contribution is -2.57. The largest absolute Gasteiger partial charge is 0.480 e. The maximum atomic E-state index is 11.8. The summed E-state index contributed by atoms with van der Waals surface area (Å²) >= 11 is 0. The standard InChI is InChI=1S/C16H29NO2/c1-5-16(14(18)19)8-6-10-17(16)13-7-9-15(3,4)11-12(13)2/h12-13H,5-11H2,1-4H3,(H,18,19). The second-order valence-corrected chi connectivity index (χ2v) is 7.44. The summed E-state index contributed by atoms with van der Waals surface area (Å²) in [4.78, 5) is 14.1. The summed E-state index contributed by atoms with van der Waals surface area (Å²) in [6.07, 6.45) is 6.18. The van der Waals surface area contributed by atoms with Crippen molar-refractivity contribution in [2.45, 2.75) is 77.8 Å². The van der Waals surface area contributed by atoms with Crippen LogP contribution in [0.3, 0.4) is 0 Å². The van der Waals surface area contributed by atoms with Gasteiger partial charge in [0, 0.05) is 6.04 Å². The maximum absolute atomic E-state index is 11.8. The Morgan fingerprint density at radius 3 is 2.58 bits per heavy atom. The molecule has 3 nitrogen and oxygen atoms in total. The monoisotopic (exact) mass is 267 g/mol. The molecule has 2 fully saturated rings. The van der Waals surface area contributed by atoms with E-state index in [1.54, 1.807) is 0 Å². The average Bonchev–Trinajstić information content (AvgIpc) is 2.72. The third-order valence-electron chi connectivity index (χ3n) is 5.57. The molecule has 110 valence electrons. The number of hydrogen-bond acceptors (Lipinski definition) is 2. The van der Waals surface area contributed by atoms with Gasteiger partial charge in [-0.05, 0) is 56.4 Å². The van der Waals surface area contributed by atoms with Gasteiger partial charge in [-0.1, -0.05) is 27.7 Å². The first-order valence-electron chi connectivity index (χ1n) is 7.82. The highest BCUT2D eigenvalue weighted by Crippen LogP contribution is 2.45. The van der Waals surface area contributed by atoms with Crippen LogP contribution in [0.1, 0.15) is 66.2 Å². The zero-order chi connectivity index (χ0) is 14.3. The number of carboxylic acids is 1. The second kappa shape index (κ2) is 5.08. The summed E-state index contributed by atoms with van der Waals surface area (Å²) in [5.74, 6) is -0.00309. The number of rotatable bonds is 3. The van der Waals surface area contributed by atoms with Gasteiger partial charge in [-0.3, -0.25) is 9.69 Å². The maximum Gasteiger partial charge on any atom is 0.324 e. The van der Waals surface area contributed by atoms with E-state index in [2.05, 4.69) is 25.7 Å². The summed E-state index contributed by atoms with van der Waals surface area (Å²) in [6, 6.07) is 0.464. The van der Waals surface area contributed by atoms with E-state index < -0.39 is 11.5 Å². The Hall–Kier alpha value is -0.570. The fraction of sp³-hybridized carbons (Fsp3) is 0.938. The lowest BCUT2D eigenvalue weighted by atomic mass is 9.69. The van der Waals surface area contributed by atoms with Crippen LogP contribution in [0.25, 0.3) is 0 Å². The van der Waals surface area contributed by atoms with Crippen LogP contribution in [-0.2, 0) is 4.79 Å². The van der Waals surface area contributed by atoms with Crippen LogP contribution in [0.4, 0.5) is 0 Å². The van der Waals surface area contributed by atoms with Crippen LogP contribution in [0, 0.1) is 11.3 Å². The zero-order valence-corrected chi connectivity index (χ0v) is 12.9. The zero-order valence-electron chi connectivity index (χ0n) is 12.9. The summed E-state index contributed by atoms with van der Waals surface area (Å²) in [7, 11) is 0. The van der Waals surface area contributed by atoms with E-state index in [9.17, 15) is 9.90 Å². The van der Waals surface area contributed by atoms with Crippen molar-refractivity contribution in [3.63, 3.8) is 0 Å². The van der Waals surface area contributed by atoms with Gasteiger partial charge >= 0.3 is 5.97 Å². The van der Waals surface area contributed by atoms with Crippen molar-refractivity contribution in [3.8, 4) is 0 Å². The SMILES string of the molecule is CCC1(C(=O)O)CCCN1C1CCC(C)(C)CC1C. The molecule has 3 heteroatoms. The normalized spacial score (nSPS) is 39.4. The van der Waals surface area contributed by atoms with Gasteiger partial charge in [-0.2, -0.15) is 0 Å². The Kier molecular flexibility index (Phi) is 3.97. The van der Waals surface area contributed by atoms with E-state index in [0.717, 1.165) is 32.2 Å². The summed E-state index contributed by atoms with van der Waals surface area (Å²) < 4.78 is 0. The molecular formula is C16H29NO2. The second-order valence-electron chi connectivity index (χ2n) is 7.44. The molecule has 0 aromatic carbocycles. The number of aliphatic carboxylic acids is 1. The lowest BCUT2D eigenvalue weighted by Gasteiger charge is -2.48. The quantitative estimate of drug-likeness (QED) is 0.850. The van der Waals surface area contributed by atoms with E-state index in [1.807, 2.05) is 6.92 Å². The van der Waals surface area contributed by atoms with Crippen LogP contribution in [0.5, 0.6) is 0 Å². The van der Waals surface area contributed by atoms with Crippen molar-refractivity contribution in [3.05, 3.63) is 0 Å². The fourth-order valence-electron chi connectivity index (χ4n) is 4.54. The molecule has 0 radical (unpaired) electrons. The molecule has 0 amide bonds. The Balaban J connectivity index is 2.19. The molecule has 0 aromatic rings. The van der Waals surface area contributed by atoms with E-state index >= 15 is 0 Å². The molecule has 1 aliphatic heterocycles. The first-order valence-corrected chi connectivity index (χ1v) is 7.82. The predicted molar refractivity (Wildman–Crippen MR) is 77.2 cm³/mol. The van der Waals surface area contributed by atoms with Gasteiger partial charge in [0.1, 0.15) is 5.54 Å². The Morgan fingerprint density at radius 2 is 2.05 bits per heavy atom. The van der Waals surface area contributed by atoms with Crippen molar-refractivity contribution in [1.29, 1.82) is 0 Å². The summed E-state index contributed by atoms with van der Waals surface area (Å²) in [5.41, 5.74) is -0.159. The number of hydrogen-bond donors (Lipinski definition) is 1. The minimum Gasteiger partial charge on any atom is -0.480 e. The Labute approximate surface area is 117 Å². The molecule has 2 rings (SSSR count). The average molecular weight is 267 g/mol. The van der Waals surface area contributed by atoms with Crippen LogP contribution in [-0.4, -0.2) is 34.1 Å². The van der Waals surface area contributed by atoms with Gasteiger partial charge in [0.25, 0.3) is 0 Å². The van der Waals surface area contributed by atoms with E-state index in [0.29, 0.717) is 17.4 Å². The van der Waals surface area contributed by atoms with Crippen LogP contribution in [0.15, 0.2) is 0 Å². The third kappa shape index (κ3) is 2.54. The number of carbonyl (C=O) groups is 1. The molecule has 1 N–H and O–H groups in total. The molecule has 19 heavy (non-hydrogen) atoms. The van der Waals surface area contributed by atoms with Crippen LogP contribution >= 0.6 is 0 Å². The highest BCUT2D eigenvalue weighted by molar-refractivity contribution is 5.79. The Morgan fingerprint density at radius 1 is 1.37 bits per heavy atom. The minimum atomic E-state index is -0.607. The molecule has 0 spiro atoms. The van der Waals surface area contributed by atoms with Gasteiger partial charge < -0.3 is 5.11 Å². The van der Waals surface area contributed by atoms with Gasteiger partial charge in [0.05, 0.1) is 0 Å². The van der Waals surface area contributed by atoms with E-state index in [-0.39, 0.29) is 0 Å². The predicted octanol–water partition coefficient (Wildman–Crippen LogP) is 3.53. The molecule has 2 aliphatic rings. The van der Waals surface area contributed by atoms with Crippen molar-refractivity contribution in [2.75, 3.05) is 6.54 Å². The van der Waals surface area contributed by atoms with Crippen molar-refractivity contribution in [1.82, 2.24) is 4.90 Å². The molecule has 3 unspecified atom stereocenters. The number of nitrogens with zero attached hydrogens (tertiary/aromatic N) is 1. The van der Waals surface area contributed by atoms with Crippen LogP contribution < -0.4 is 0 Å².